The monoisotopic (exact) mass is 180 g/mol. The van der Waals surface area contributed by atoms with Gasteiger partial charge in [0.1, 0.15) is 0 Å². The van der Waals surface area contributed by atoms with E-state index >= 15 is 0 Å². The van der Waals surface area contributed by atoms with E-state index in [4.69, 9.17) is 0 Å². The van der Waals surface area contributed by atoms with Crippen LogP contribution in [0.25, 0.3) is 0 Å². The topological polar surface area (TPSA) is 0 Å². The number of allylic oxidation sites excluding steroid dienone is 1. The third kappa shape index (κ3) is 2.59. The minimum absolute atomic E-state index is 0.664. The van der Waals surface area contributed by atoms with Crippen molar-refractivity contribution in [1.29, 1.82) is 0 Å². The maximum Gasteiger partial charge on any atom is -0.0298 e. The average molecular weight is 180 g/mol. The van der Waals surface area contributed by atoms with Gasteiger partial charge in [-0.15, -0.1) is 6.58 Å². The molecule has 1 fully saturated rings. The molecule has 2 atom stereocenters. The zero-order valence-electron chi connectivity index (χ0n) is 9.31. The summed E-state index contributed by atoms with van der Waals surface area (Å²) in [6.07, 6.45) is 11.8. The smallest absolute Gasteiger partial charge is 0.0298 e. The van der Waals surface area contributed by atoms with Crippen molar-refractivity contribution in [2.24, 2.45) is 11.3 Å². The highest BCUT2D eigenvalue weighted by atomic mass is 14.4. The Balaban J connectivity index is 2.38. The molecule has 0 aromatic heterocycles. The summed E-state index contributed by atoms with van der Waals surface area (Å²) >= 11 is 0. The minimum Gasteiger partial charge on any atom is -0.103 e. The highest BCUT2D eigenvalue weighted by Gasteiger charge is 2.36. The molecule has 0 aliphatic heterocycles. The number of hydrogen-bond acceptors (Lipinski definition) is 0. The molecule has 0 heterocycles. The van der Waals surface area contributed by atoms with Gasteiger partial charge in [0.25, 0.3) is 0 Å². The first-order valence-electron chi connectivity index (χ1n) is 5.84. The Kier molecular flexibility index (Phi) is 4.02. The molecule has 0 radical (unpaired) electrons. The molecule has 0 aromatic rings. The highest BCUT2D eigenvalue weighted by Crippen LogP contribution is 2.48. The predicted octanol–water partition coefficient (Wildman–Crippen LogP) is 4.56. The summed E-state index contributed by atoms with van der Waals surface area (Å²) < 4.78 is 0. The van der Waals surface area contributed by atoms with E-state index in [-0.39, 0.29) is 0 Å². The van der Waals surface area contributed by atoms with Crippen LogP contribution in [0.2, 0.25) is 0 Å². The first kappa shape index (κ1) is 10.8. The molecule has 13 heavy (non-hydrogen) atoms. The average Bonchev–Trinajstić information content (AvgIpc) is 2.47. The summed E-state index contributed by atoms with van der Waals surface area (Å²) in [6.45, 7) is 8.63. The molecule has 1 aliphatic rings. The molecule has 1 rings (SSSR count). The summed E-state index contributed by atoms with van der Waals surface area (Å²) in [5.41, 5.74) is 0.664. The van der Waals surface area contributed by atoms with Crippen LogP contribution in [0.3, 0.4) is 0 Å². The lowest BCUT2D eigenvalue weighted by atomic mass is 9.75. The standard InChI is InChI=1S/C13H24/c1-4-6-7-10-13(3)11-8-9-12(13)5-2/h4,12H,1,5-11H2,2-3H3/t12-,13?/m0/s1. The highest BCUT2D eigenvalue weighted by molar-refractivity contribution is 4.88. The first-order chi connectivity index (χ1) is 6.23. The number of hydrogen-bond donors (Lipinski definition) is 0. The van der Waals surface area contributed by atoms with Gasteiger partial charge in [-0.2, -0.15) is 0 Å². The Morgan fingerprint density at radius 1 is 1.54 bits per heavy atom. The van der Waals surface area contributed by atoms with Crippen LogP contribution in [0, 0.1) is 11.3 Å². The minimum atomic E-state index is 0.664. The van der Waals surface area contributed by atoms with Crippen molar-refractivity contribution in [3.63, 3.8) is 0 Å². The lowest BCUT2D eigenvalue weighted by molar-refractivity contribution is 0.199. The van der Waals surface area contributed by atoms with Crippen molar-refractivity contribution in [2.45, 2.75) is 58.8 Å². The van der Waals surface area contributed by atoms with E-state index < -0.39 is 0 Å². The van der Waals surface area contributed by atoms with Crippen LogP contribution in [0.5, 0.6) is 0 Å². The van der Waals surface area contributed by atoms with Gasteiger partial charge in [-0.25, -0.2) is 0 Å². The van der Waals surface area contributed by atoms with Gasteiger partial charge >= 0.3 is 0 Å². The van der Waals surface area contributed by atoms with Gasteiger partial charge < -0.3 is 0 Å². The fourth-order valence-electron chi connectivity index (χ4n) is 2.98. The summed E-state index contributed by atoms with van der Waals surface area (Å²) in [7, 11) is 0. The lowest BCUT2D eigenvalue weighted by Crippen LogP contribution is -2.20. The molecule has 1 unspecified atom stereocenters. The van der Waals surface area contributed by atoms with Crippen molar-refractivity contribution >= 4 is 0 Å². The molecule has 0 nitrogen and oxygen atoms in total. The Hall–Kier alpha value is -0.260. The molecule has 76 valence electrons. The van der Waals surface area contributed by atoms with Gasteiger partial charge in [0.2, 0.25) is 0 Å². The Morgan fingerprint density at radius 2 is 2.31 bits per heavy atom. The first-order valence-corrected chi connectivity index (χ1v) is 5.84. The van der Waals surface area contributed by atoms with Crippen LogP contribution < -0.4 is 0 Å². The summed E-state index contributed by atoms with van der Waals surface area (Å²) in [4.78, 5) is 0. The molecule has 0 saturated heterocycles. The van der Waals surface area contributed by atoms with Crippen molar-refractivity contribution < 1.29 is 0 Å². The molecule has 0 bridgehead atoms. The third-order valence-corrected chi connectivity index (χ3v) is 3.94. The maximum atomic E-state index is 3.79. The number of unbranched alkanes of at least 4 members (excludes halogenated alkanes) is 1. The Bertz CT molecular complexity index is 159. The molecular weight excluding hydrogens is 156 g/mol. The van der Waals surface area contributed by atoms with E-state index in [1.807, 2.05) is 0 Å². The fraction of sp³-hybridized carbons (Fsp3) is 0.846. The quantitative estimate of drug-likeness (QED) is 0.430. The Labute approximate surface area is 83.4 Å². The van der Waals surface area contributed by atoms with E-state index in [0.717, 1.165) is 5.92 Å². The molecule has 0 spiro atoms. The van der Waals surface area contributed by atoms with Crippen LogP contribution in [-0.2, 0) is 0 Å². The zero-order chi connectivity index (χ0) is 9.73. The molecular formula is C13H24. The summed E-state index contributed by atoms with van der Waals surface area (Å²) in [5.74, 6) is 0.998. The van der Waals surface area contributed by atoms with Crippen LogP contribution in [0.15, 0.2) is 12.7 Å². The Morgan fingerprint density at radius 3 is 2.92 bits per heavy atom. The van der Waals surface area contributed by atoms with Gasteiger partial charge in [0.15, 0.2) is 0 Å². The largest absolute Gasteiger partial charge is 0.103 e. The van der Waals surface area contributed by atoms with Gasteiger partial charge in [0.05, 0.1) is 0 Å². The zero-order valence-corrected chi connectivity index (χ0v) is 9.31. The van der Waals surface area contributed by atoms with Crippen LogP contribution in [-0.4, -0.2) is 0 Å². The summed E-state index contributed by atoms with van der Waals surface area (Å²) in [6, 6.07) is 0. The summed E-state index contributed by atoms with van der Waals surface area (Å²) in [5, 5.41) is 0. The fourth-order valence-corrected chi connectivity index (χ4v) is 2.98. The van der Waals surface area contributed by atoms with E-state index in [1.54, 1.807) is 0 Å². The molecule has 0 heteroatoms. The lowest BCUT2D eigenvalue weighted by Gasteiger charge is -2.31. The molecule has 0 N–H and O–H groups in total. The van der Waals surface area contributed by atoms with Crippen molar-refractivity contribution in [2.75, 3.05) is 0 Å². The number of rotatable bonds is 5. The SMILES string of the molecule is C=CCCCC1(C)CCC[C@@H]1CC. The second kappa shape index (κ2) is 4.83. The maximum absolute atomic E-state index is 3.79. The van der Waals surface area contributed by atoms with Crippen molar-refractivity contribution in [3.8, 4) is 0 Å². The van der Waals surface area contributed by atoms with Gasteiger partial charge in [0, 0.05) is 0 Å². The molecule has 0 aromatic carbocycles. The second-order valence-corrected chi connectivity index (χ2v) is 4.83. The third-order valence-electron chi connectivity index (χ3n) is 3.94. The second-order valence-electron chi connectivity index (χ2n) is 4.83. The van der Waals surface area contributed by atoms with Crippen LogP contribution in [0.1, 0.15) is 58.8 Å². The van der Waals surface area contributed by atoms with Crippen molar-refractivity contribution in [3.05, 3.63) is 12.7 Å². The van der Waals surface area contributed by atoms with Gasteiger partial charge in [-0.3, -0.25) is 0 Å². The predicted molar refractivity (Wildman–Crippen MR) is 59.8 cm³/mol. The van der Waals surface area contributed by atoms with Gasteiger partial charge in [-0.1, -0.05) is 32.8 Å². The normalized spacial score (nSPS) is 33.5. The van der Waals surface area contributed by atoms with Gasteiger partial charge in [-0.05, 0) is 43.4 Å². The van der Waals surface area contributed by atoms with Crippen molar-refractivity contribution in [1.82, 2.24) is 0 Å². The van der Waals surface area contributed by atoms with E-state index in [0.29, 0.717) is 5.41 Å². The van der Waals surface area contributed by atoms with E-state index in [9.17, 15) is 0 Å². The molecule has 1 aliphatic carbocycles. The van der Waals surface area contributed by atoms with E-state index in [2.05, 4.69) is 26.5 Å². The van der Waals surface area contributed by atoms with Crippen LogP contribution in [0.4, 0.5) is 0 Å². The van der Waals surface area contributed by atoms with E-state index in [1.165, 1.54) is 44.9 Å². The molecule has 1 saturated carbocycles. The molecule has 0 amide bonds. The van der Waals surface area contributed by atoms with Crippen LogP contribution >= 0.6 is 0 Å².